The van der Waals surface area contributed by atoms with Crippen molar-refractivity contribution >= 4 is 29.1 Å². The maximum absolute atomic E-state index is 12.8. The molecule has 1 fully saturated rings. The molecule has 0 bridgehead atoms. The summed E-state index contributed by atoms with van der Waals surface area (Å²) >= 11 is 1.51. The Balaban J connectivity index is 1.33. The zero-order valence-electron chi connectivity index (χ0n) is 19.2. The molecule has 0 spiro atoms. The van der Waals surface area contributed by atoms with E-state index in [1.54, 1.807) is 4.90 Å². The molecular formula is C25H31N3O4S. The number of nitrogens with zero attached hydrogens (tertiary/aromatic N) is 1. The number of ether oxygens (including phenoxy) is 1. The van der Waals surface area contributed by atoms with Gasteiger partial charge in [0.15, 0.2) is 0 Å². The lowest BCUT2D eigenvalue weighted by atomic mass is 10.0. The van der Waals surface area contributed by atoms with Gasteiger partial charge in [-0.25, -0.2) is 0 Å². The van der Waals surface area contributed by atoms with Gasteiger partial charge in [-0.3, -0.25) is 19.7 Å². The lowest BCUT2D eigenvalue weighted by molar-refractivity contribution is -0.136. The molecule has 176 valence electrons. The molecule has 3 heterocycles. The normalized spacial score (nSPS) is 18.9. The minimum atomic E-state index is -0.591. The quantitative estimate of drug-likeness (QED) is 0.518. The van der Waals surface area contributed by atoms with Crippen LogP contribution in [0, 0.1) is 0 Å². The Morgan fingerprint density at radius 2 is 2.00 bits per heavy atom. The first kappa shape index (κ1) is 23.4. The summed E-state index contributed by atoms with van der Waals surface area (Å²) in [6, 6.07) is 8.07. The number of thiophene rings is 1. The topological polar surface area (TPSA) is 87.7 Å². The van der Waals surface area contributed by atoms with Gasteiger partial charge in [0.05, 0.1) is 5.56 Å². The Kier molecular flexibility index (Phi) is 7.45. The summed E-state index contributed by atoms with van der Waals surface area (Å²) in [7, 11) is 0. The lowest BCUT2D eigenvalue weighted by Gasteiger charge is -2.29. The largest absolute Gasteiger partial charge is 0.488 e. The first-order valence-electron chi connectivity index (χ1n) is 11.7. The zero-order chi connectivity index (χ0) is 23.4. The maximum atomic E-state index is 12.8. The fourth-order valence-electron chi connectivity index (χ4n) is 4.44. The van der Waals surface area contributed by atoms with Crippen LogP contribution in [0.5, 0.6) is 5.75 Å². The van der Waals surface area contributed by atoms with Crippen LogP contribution in [0.1, 0.15) is 72.3 Å². The Morgan fingerprint density at radius 3 is 2.70 bits per heavy atom. The monoisotopic (exact) mass is 469 g/mol. The van der Waals surface area contributed by atoms with Crippen molar-refractivity contribution in [2.24, 2.45) is 0 Å². The Hall–Kier alpha value is -2.71. The van der Waals surface area contributed by atoms with E-state index in [1.807, 2.05) is 17.5 Å². The molecule has 1 saturated heterocycles. The van der Waals surface area contributed by atoms with Crippen molar-refractivity contribution in [2.45, 2.75) is 77.7 Å². The van der Waals surface area contributed by atoms with Gasteiger partial charge >= 0.3 is 0 Å². The van der Waals surface area contributed by atoms with E-state index < -0.39 is 6.04 Å². The number of carbonyl (C=O) groups excluding carboxylic acids is 3. The molecule has 1 aromatic carbocycles. The number of hydrogen-bond donors (Lipinski definition) is 2. The number of amides is 3. The molecule has 33 heavy (non-hydrogen) atoms. The van der Waals surface area contributed by atoms with E-state index in [2.05, 4.69) is 36.6 Å². The fraction of sp³-hybridized carbons (Fsp3) is 0.480. The molecule has 7 nitrogen and oxygen atoms in total. The number of hydrogen-bond acceptors (Lipinski definition) is 6. The van der Waals surface area contributed by atoms with Crippen LogP contribution in [-0.2, 0) is 29.3 Å². The van der Waals surface area contributed by atoms with E-state index >= 15 is 0 Å². The molecule has 2 atom stereocenters. The van der Waals surface area contributed by atoms with Crippen LogP contribution >= 0.6 is 11.3 Å². The van der Waals surface area contributed by atoms with E-state index in [4.69, 9.17) is 4.74 Å². The average Bonchev–Trinajstić information content (AvgIpc) is 3.36. The van der Waals surface area contributed by atoms with Crippen molar-refractivity contribution in [3.63, 3.8) is 0 Å². The molecule has 1 aromatic heterocycles. The lowest BCUT2D eigenvalue weighted by Crippen LogP contribution is -2.52. The highest BCUT2D eigenvalue weighted by molar-refractivity contribution is 7.10. The smallest absolute Gasteiger partial charge is 0.256 e. The third-order valence-corrected chi connectivity index (χ3v) is 7.41. The highest BCUT2D eigenvalue weighted by Crippen LogP contribution is 2.34. The van der Waals surface area contributed by atoms with Crippen molar-refractivity contribution in [3.8, 4) is 5.75 Å². The molecule has 0 saturated carbocycles. The maximum Gasteiger partial charge on any atom is 0.256 e. The third kappa shape index (κ3) is 5.28. The SMILES string of the molecule is CCCC(CC)NCc1ccc(OCc2scc3c2CN(C2CCC(=O)NC2=O)C3=O)cc1. The average molecular weight is 470 g/mol. The van der Waals surface area contributed by atoms with Gasteiger partial charge in [-0.05, 0) is 37.0 Å². The minimum absolute atomic E-state index is 0.146. The summed E-state index contributed by atoms with van der Waals surface area (Å²) in [5.74, 6) is -0.0278. The number of nitrogens with one attached hydrogen (secondary N) is 2. The van der Waals surface area contributed by atoms with Crippen molar-refractivity contribution in [1.29, 1.82) is 0 Å². The summed E-state index contributed by atoms with van der Waals surface area (Å²) in [5, 5.41) is 7.79. The molecule has 2 aliphatic heterocycles. The van der Waals surface area contributed by atoms with Crippen LogP contribution in [0.3, 0.4) is 0 Å². The second kappa shape index (κ2) is 10.5. The predicted octanol–water partition coefficient (Wildman–Crippen LogP) is 3.76. The van der Waals surface area contributed by atoms with E-state index in [1.165, 1.54) is 29.7 Å². The molecule has 2 unspecified atom stereocenters. The number of fused-ring (bicyclic) bond motifs is 1. The summed E-state index contributed by atoms with van der Waals surface area (Å²) in [6.07, 6.45) is 4.12. The number of benzene rings is 1. The van der Waals surface area contributed by atoms with Crippen LogP contribution < -0.4 is 15.4 Å². The number of rotatable bonds is 10. The molecule has 0 aliphatic carbocycles. The van der Waals surface area contributed by atoms with Crippen molar-refractivity contribution < 1.29 is 19.1 Å². The van der Waals surface area contributed by atoms with Gasteiger partial charge in [0.25, 0.3) is 5.91 Å². The minimum Gasteiger partial charge on any atom is -0.488 e. The summed E-state index contributed by atoms with van der Waals surface area (Å²) in [4.78, 5) is 39.1. The molecule has 2 aromatic rings. The van der Waals surface area contributed by atoms with E-state index in [9.17, 15) is 14.4 Å². The molecule has 2 aliphatic rings. The Bertz CT molecular complexity index is 1020. The van der Waals surface area contributed by atoms with Gasteiger partial charge in [-0.2, -0.15) is 0 Å². The van der Waals surface area contributed by atoms with Crippen LogP contribution in [0.15, 0.2) is 29.6 Å². The van der Waals surface area contributed by atoms with E-state index in [-0.39, 0.29) is 24.1 Å². The molecular weight excluding hydrogens is 438 g/mol. The zero-order valence-corrected chi connectivity index (χ0v) is 20.0. The number of imide groups is 1. The van der Waals surface area contributed by atoms with Gasteiger partial charge < -0.3 is 15.0 Å². The van der Waals surface area contributed by atoms with Crippen molar-refractivity contribution in [2.75, 3.05) is 0 Å². The predicted molar refractivity (Wildman–Crippen MR) is 127 cm³/mol. The first-order chi connectivity index (χ1) is 16.0. The van der Waals surface area contributed by atoms with E-state index in [0.717, 1.165) is 29.2 Å². The summed E-state index contributed by atoms with van der Waals surface area (Å²) < 4.78 is 6.00. The second-order valence-electron chi connectivity index (χ2n) is 8.66. The Labute approximate surface area is 198 Å². The van der Waals surface area contributed by atoms with E-state index in [0.29, 0.717) is 31.2 Å². The van der Waals surface area contributed by atoms with Crippen LogP contribution in [0.4, 0.5) is 0 Å². The van der Waals surface area contributed by atoms with Gasteiger partial charge in [0, 0.05) is 41.4 Å². The molecule has 4 rings (SSSR count). The van der Waals surface area contributed by atoms with Crippen LogP contribution in [0.25, 0.3) is 0 Å². The first-order valence-corrected chi connectivity index (χ1v) is 12.6. The standard InChI is InChI=1S/C25H31N3O4S/c1-3-5-17(4-2)26-12-16-6-8-18(9-7-16)32-14-22-19-13-28(25(31)20(19)15-33-22)21-10-11-23(29)27-24(21)30/h6-9,15,17,21,26H,3-5,10-14H2,1-2H3,(H,27,29,30). The summed E-state index contributed by atoms with van der Waals surface area (Å²) in [6.45, 7) is 6.02. The number of carbonyl (C=O) groups is 3. The molecule has 3 amide bonds. The highest BCUT2D eigenvalue weighted by atomic mass is 32.1. The van der Waals surface area contributed by atoms with Gasteiger partial charge in [-0.1, -0.05) is 32.4 Å². The van der Waals surface area contributed by atoms with Crippen molar-refractivity contribution in [1.82, 2.24) is 15.5 Å². The Morgan fingerprint density at radius 1 is 1.21 bits per heavy atom. The molecule has 8 heteroatoms. The van der Waals surface area contributed by atoms with Gasteiger partial charge in [0.1, 0.15) is 18.4 Å². The summed E-state index contributed by atoms with van der Waals surface area (Å²) in [5.41, 5.74) is 2.79. The fourth-order valence-corrected chi connectivity index (χ4v) is 5.39. The second-order valence-corrected chi connectivity index (χ2v) is 9.62. The van der Waals surface area contributed by atoms with Gasteiger partial charge in [-0.15, -0.1) is 11.3 Å². The van der Waals surface area contributed by atoms with Crippen LogP contribution in [-0.4, -0.2) is 34.7 Å². The highest BCUT2D eigenvalue weighted by Gasteiger charge is 2.40. The van der Waals surface area contributed by atoms with Gasteiger partial charge in [0.2, 0.25) is 11.8 Å². The third-order valence-electron chi connectivity index (χ3n) is 6.40. The molecule has 2 N–H and O–H groups in total. The van der Waals surface area contributed by atoms with Crippen molar-refractivity contribution in [3.05, 3.63) is 51.2 Å². The molecule has 0 radical (unpaired) electrons. The van der Waals surface area contributed by atoms with Crippen LogP contribution in [0.2, 0.25) is 0 Å². The number of piperidine rings is 1.